The van der Waals surface area contributed by atoms with Crippen LogP contribution in [0.5, 0.6) is 0 Å². The van der Waals surface area contributed by atoms with Crippen molar-refractivity contribution in [3.8, 4) is 21.6 Å². The number of aliphatic imine (C=N–C) groups is 1. The largest absolute Gasteiger partial charge is 0.354 e. The lowest BCUT2D eigenvalue weighted by molar-refractivity contribution is 0.738. The van der Waals surface area contributed by atoms with Gasteiger partial charge in [-0.05, 0) is 86.9 Å². The molecule has 0 radical (unpaired) electrons. The molecule has 1 aliphatic rings. The van der Waals surface area contributed by atoms with Crippen LogP contribution in [0.2, 0.25) is 0 Å². The minimum atomic E-state index is -0.0795. The molecule has 1 aliphatic heterocycles. The Labute approximate surface area is 320 Å². The molecule has 5 heteroatoms. The van der Waals surface area contributed by atoms with Crippen molar-refractivity contribution < 1.29 is 0 Å². The van der Waals surface area contributed by atoms with E-state index >= 15 is 0 Å². The van der Waals surface area contributed by atoms with Crippen LogP contribution in [-0.2, 0) is 0 Å². The molecule has 0 fully saturated rings. The van der Waals surface area contributed by atoms with Crippen LogP contribution in [0, 0.1) is 0 Å². The Morgan fingerprint density at radius 2 is 1.20 bits per heavy atom. The Bertz CT molecular complexity index is 3350. The Kier molecular flexibility index (Phi) is 6.53. The number of thiophene rings is 1. The maximum Gasteiger partial charge on any atom is 0.209 e. The van der Waals surface area contributed by atoms with E-state index < -0.39 is 0 Å². The molecule has 12 rings (SSSR count). The van der Waals surface area contributed by atoms with Gasteiger partial charge in [-0.15, -0.1) is 11.3 Å². The molecule has 0 saturated heterocycles. The predicted octanol–water partition coefficient (Wildman–Crippen LogP) is 13.4. The van der Waals surface area contributed by atoms with Gasteiger partial charge >= 0.3 is 0 Å². The first kappa shape index (κ1) is 30.5. The molecule has 0 bridgehead atoms. The zero-order chi connectivity index (χ0) is 36.0. The molecule has 8 aromatic carbocycles. The normalized spacial score (nSPS) is 14.3. The van der Waals surface area contributed by atoms with Gasteiger partial charge in [-0.2, -0.15) is 0 Å². The summed E-state index contributed by atoms with van der Waals surface area (Å²) in [5.74, 6) is 0.826. The fourth-order valence-electron chi connectivity index (χ4n) is 8.82. The summed E-state index contributed by atoms with van der Waals surface area (Å²) >= 11 is 1.85. The second-order valence-corrected chi connectivity index (χ2v) is 15.5. The minimum Gasteiger partial charge on any atom is -0.354 e. The molecule has 11 aromatic rings. The monoisotopic (exact) mass is 720 g/mol. The highest BCUT2D eigenvalue weighted by Crippen LogP contribution is 2.45. The molecule has 0 aliphatic carbocycles. The van der Waals surface area contributed by atoms with Gasteiger partial charge in [-0.3, -0.25) is 4.57 Å². The van der Waals surface area contributed by atoms with E-state index in [4.69, 9.17) is 4.99 Å². The highest BCUT2D eigenvalue weighted by molar-refractivity contribution is 7.22. The van der Waals surface area contributed by atoms with Crippen LogP contribution in [0.25, 0.3) is 86.0 Å². The van der Waals surface area contributed by atoms with Gasteiger partial charge in [-0.1, -0.05) is 127 Å². The first-order valence-electron chi connectivity index (χ1n) is 18.7. The van der Waals surface area contributed by atoms with Crippen molar-refractivity contribution in [1.82, 2.24) is 14.9 Å². The zero-order valence-corrected chi connectivity index (χ0v) is 30.4. The molecule has 4 nitrogen and oxygen atoms in total. The van der Waals surface area contributed by atoms with Gasteiger partial charge in [0.15, 0.2) is 0 Å². The van der Waals surface area contributed by atoms with Crippen LogP contribution in [0.4, 0.5) is 5.69 Å². The van der Waals surface area contributed by atoms with Crippen molar-refractivity contribution >= 4 is 87.5 Å². The number of para-hydroxylation sites is 1. The third-order valence-corrected chi connectivity index (χ3v) is 12.6. The van der Waals surface area contributed by atoms with Crippen LogP contribution < -0.4 is 5.32 Å². The van der Waals surface area contributed by atoms with Crippen LogP contribution >= 0.6 is 11.3 Å². The lowest BCUT2D eigenvalue weighted by Gasteiger charge is -2.29. The third-order valence-electron chi connectivity index (χ3n) is 11.4. The number of hydrogen-bond donors (Lipinski definition) is 2. The molecular formula is C50H32N4S. The van der Waals surface area contributed by atoms with Crippen molar-refractivity contribution in [3.63, 3.8) is 0 Å². The second-order valence-electron chi connectivity index (χ2n) is 14.5. The smallest absolute Gasteiger partial charge is 0.209 e. The van der Waals surface area contributed by atoms with Gasteiger partial charge in [0.05, 0.1) is 22.8 Å². The van der Waals surface area contributed by atoms with Crippen LogP contribution in [0.3, 0.4) is 0 Å². The van der Waals surface area contributed by atoms with Gasteiger partial charge in [0.2, 0.25) is 5.96 Å². The molecule has 0 amide bonds. The molecule has 4 heterocycles. The molecule has 55 heavy (non-hydrogen) atoms. The van der Waals surface area contributed by atoms with Crippen molar-refractivity contribution in [2.45, 2.75) is 6.04 Å². The van der Waals surface area contributed by atoms with Gasteiger partial charge < -0.3 is 10.3 Å². The van der Waals surface area contributed by atoms with Crippen LogP contribution in [0.15, 0.2) is 181 Å². The number of fused-ring (bicyclic) bond motifs is 11. The van der Waals surface area contributed by atoms with Crippen LogP contribution in [-0.4, -0.2) is 15.5 Å². The fourth-order valence-corrected chi connectivity index (χ4v) is 10.1. The Hall–Kier alpha value is -6.95. The Morgan fingerprint density at radius 3 is 2.07 bits per heavy atom. The first-order valence-corrected chi connectivity index (χ1v) is 19.6. The van der Waals surface area contributed by atoms with E-state index in [9.17, 15) is 0 Å². The highest BCUT2D eigenvalue weighted by atomic mass is 32.1. The van der Waals surface area contributed by atoms with Gasteiger partial charge in [0.25, 0.3) is 0 Å². The Balaban J connectivity index is 1.04. The summed E-state index contributed by atoms with van der Waals surface area (Å²) in [5.41, 5.74) is 11.6. The zero-order valence-electron chi connectivity index (χ0n) is 29.6. The van der Waals surface area contributed by atoms with Crippen molar-refractivity contribution in [1.29, 1.82) is 0 Å². The number of aromatic amines is 1. The van der Waals surface area contributed by atoms with Crippen molar-refractivity contribution in [2.75, 3.05) is 0 Å². The number of aromatic nitrogens is 2. The summed E-state index contributed by atoms with van der Waals surface area (Å²) < 4.78 is 3.59. The number of nitrogens with zero attached hydrogens (tertiary/aromatic N) is 2. The molecule has 0 saturated carbocycles. The number of hydrogen-bond acceptors (Lipinski definition) is 3. The summed E-state index contributed by atoms with van der Waals surface area (Å²) in [6.07, 6.45) is 0. The van der Waals surface area contributed by atoms with E-state index in [0.717, 1.165) is 33.7 Å². The molecule has 3 aromatic heterocycles. The summed E-state index contributed by atoms with van der Waals surface area (Å²) in [6, 6.07) is 63.6. The number of H-pyrrole nitrogens is 1. The standard InChI is InChI=1S/C50H32N4S/c1-3-12-31(13-4-1)45-29-35-21-25-42-47(49(35)55-45)48(32-14-5-2-6-15-32)53-50(52-42)54-43-18-10-9-17-37(43)38-27-34(22-26-44(38)54)33-20-23-40-39(28-33)46-36-16-8-7-11-30(36)19-24-41(46)51-40/h1-29,48,51H,(H,52,53). The molecular weight excluding hydrogens is 689 g/mol. The maximum absolute atomic E-state index is 5.43. The van der Waals surface area contributed by atoms with E-state index in [0.29, 0.717) is 0 Å². The predicted molar refractivity (Wildman–Crippen MR) is 233 cm³/mol. The number of rotatable bonds is 3. The topological polar surface area (TPSA) is 45.1 Å². The minimum absolute atomic E-state index is 0.0795. The quantitative estimate of drug-likeness (QED) is 0.188. The number of benzene rings is 8. The van der Waals surface area contributed by atoms with Crippen LogP contribution in [0.1, 0.15) is 17.2 Å². The molecule has 1 atom stereocenters. The summed E-state index contributed by atoms with van der Waals surface area (Å²) in [6.45, 7) is 0. The van der Waals surface area contributed by atoms with Gasteiger partial charge in [0, 0.05) is 47.7 Å². The molecule has 2 N–H and O–H groups in total. The lowest BCUT2D eigenvalue weighted by atomic mass is 9.95. The summed E-state index contributed by atoms with van der Waals surface area (Å²) in [7, 11) is 0. The SMILES string of the molecule is c1ccc(-c2cc3ccc4c(c3s2)C(c2ccccc2)NC(n2c3ccccc3c3cc(-c5ccc6[nH]c7ccc8ccccc8c7c6c5)ccc32)=N4)cc1. The molecule has 0 spiro atoms. The first-order chi connectivity index (χ1) is 27.2. The van der Waals surface area contributed by atoms with E-state index in [1.807, 2.05) is 11.3 Å². The fraction of sp³-hybridized carbons (Fsp3) is 0.0200. The van der Waals surface area contributed by atoms with Gasteiger partial charge in [-0.25, -0.2) is 4.99 Å². The van der Waals surface area contributed by atoms with E-state index in [-0.39, 0.29) is 6.04 Å². The van der Waals surface area contributed by atoms with E-state index in [1.165, 1.54) is 75.1 Å². The summed E-state index contributed by atoms with van der Waals surface area (Å²) in [4.78, 5) is 10.4. The summed E-state index contributed by atoms with van der Waals surface area (Å²) in [5, 5.41) is 12.7. The highest BCUT2D eigenvalue weighted by Gasteiger charge is 2.29. The van der Waals surface area contributed by atoms with Crippen molar-refractivity contribution in [2.24, 2.45) is 4.99 Å². The number of nitrogens with one attached hydrogen (secondary N) is 2. The second kappa shape index (κ2) is 11.8. The third kappa shape index (κ3) is 4.67. The van der Waals surface area contributed by atoms with E-state index in [1.54, 1.807) is 0 Å². The average Bonchev–Trinajstić information content (AvgIpc) is 3.96. The molecule has 1 unspecified atom stereocenters. The average molecular weight is 721 g/mol. The van der Waals surface area contributed by atoms with Crippen molar-refractivity contribution in [3.05, 3.63) is 187 Å². The van der Waals surface area contributed by atoms with E-state index in [2.05, 4.69) is 191 Å². The lowest BCUT2D eigenvalue weighted by Crippen LogP contribution is -2.36. The van der Waals surface area contributed by atoms with Gasteiger partial charge in [0.1, 0.15) is 0 Å². The Morgan fingerprint density at radius 1 is 0.509 bits per heavy atom. The molecule has 258 valence electrons. The maximum atomic E-state index is 5.43.